The highest BCUT2D eigenvalue weighted by Gasteiger charge is 2.14. The number of hydrogen-bond acceptors (Lipinski definition) is 5. The minimum atomic E-state index is -0.277. The Balaban J connectivity index is 1.53. The Morgan fingerprint density at radius 3 is 2.61 bits per heavy atom. The van der Waals surface area contributed by atoms with Crippen molar-refractivity contribution in [2.45, 2.75) is 25.9 Å². The zero-order chi connectivity index (χ0) is 22.1. The van der Waals surface area contributed by atoms with Gasteiger partial charge in [-0.3, -0.25) is 18.6 Å². The third kappa shape index (κ3) is 4.35. The highest BCUT2D eigenvalue weighted by molar-refractivity contribution is 7.99. The number of thioether (sulfide) groups is 1. The van der Waals surface area contributed by atoms with Gasteiger partial charge in [0, 0.05) is 18.1 Å². The topological polar surface area (TPSA) is 81.3 Å². The van der Waals surface area contributed by atoms with Crippen LogP contribution in [-0.2, 0) is 4.79 Å². The van der Waals surface area contributed by atoms with E-state index in [2.05, 4.69) is 15.5 Å². The third-order valence-electron chi connectivity index (χ3n) is 4.94. The molecule has 0 unspecified atom stereocenters. The molecule has 0 saturated carbocycles. The van der Waals surface area contributed by atoms with Crippen molar-refractivity contribution in [2.75, 3.05) is 11.1 Å². The van der Waals surface area contributed by atoms with Crippen LogP contribution in [0.3, 0.4) is 0 Å². The van der Waals surface area contributed by atoms with E-state index in [1.54, 1.807) is 28.9 Å². The maximum Gasteiger partial charge on any atom is 0.300 e. The molecule has 4 rings (SSSR count). The van der Waals surface area contributed by atoms with Gasteiger partial charge in [-0.15, -0.1) is 10.2 Å². The first-order chi connectivity index (χ1) is 14.8. The zero-order valence-corrected chi connectivity index (χ0v) is 18.8. The number of fused-ring (bicyclic) bond motifs is 1. The van der Waals surface area contributed by atoms with Gasteiger partial charge in [-0.05, 0) is 61.7 Å². The van der Waals surface area contributed by atoms with Crippen LogP contribution in [0.1, 0.15) is 16.7 Å². The molecule has 31 heavy (non-hydrogen) atoms. The van der Waals surface area contributed by atoms with E-state index in [1.165, 1.54) is 16.3 Å². The van der Waals surface area contributed by atoms with Gasteiger partial charge < -0.3 is 5.32 Å². The molecule has 0 aliphatic rings. The fourth-order valence-corrected chi connectivity index (χ4v) is 4.08. The number of nitrogens with one attached hydrogen (secondary N) is 1. The molecule has 2 aromatic carbocycles. The second kappa shape index (κ2) is 8.56. The van der Waals surface area contributed by atoms with Crippen LogP contribution in [0.25, 0.3) is 11.3 Å². The summed E-state index contributed by atoms with van der Waals surface area (Å²) in [7, 11) is 0. The summed E-state index contributed by atoms with van der Waals surface area (Å²) in [5.74, 6) is -0.124. The van der Waals surface area contributed by atoms with Crippen molar-refractivity contribution in [3.8, 4) is 5.69 Å². The zero-order valence-electron chi connectivity index (χ0n) is 17.2. The molecule has 7 nitrogen and oxygen atoms in total. The van der Waals surface area contributed by atoms with Gasteiger partial charge in [0.15, 0.2) is 5.16 Å². The average molecular weight is 454 g/mol. The van der Waals surface area contributed by atoms with E-state index in [4.69, 9.17) is 11.6 Å². The van der Waals surface area contributed by atoms with Crippen molar-refractivity contribution < 1.29 is 4.79 Å². The van der Waals surface area contributed by atoms with Gasteiger partial charge >= 0.3 is 5.56 Å². The van der Waals surface area contributed by atoms with E-state index in [-0.39, 0.29) is 22.9 Å². The second-order valence-electron chi connectivity index (χ2n) is 7.24. The first kappa shape index (κ1) is 21.1. The van der Waals surface area contributed by atoms with Crippen molar-refractivity contribution in [1.29, 1.82) is 0 Å². The Hall–Kier alpha value is -3.10. The van der Waals surface area contributed by atoms with Gasteiger partial charge in [0.1, 0.15) is 0 Å². The number of halogens is 1. The predicted molar refractivity (Wildman–Crippen MR) is 124 cm³/mol. The smallest absolute Gasteiger partial charge is 0.300 e. The van der Waals surface area contributed by atoms with E-state index in [1.807, 2.05) is 45.0 Å². The van der Waals surface area contributed by atoms with Gasteiger partial charge in [0.05, 0.1) is 16.5 Å². The van der Waals surface area contributed by atoms with Crippen LogP contribution >= 0.6 is 23.4 Å². The minimum absolute atomic E-state index is 0.102. The van der Waals surface area contributed by atoms with Gasteiger partial charge in [-0.2, -0.15) is 0 Å². The fourth-order valence-electron chi connectivity index (χ4n) is 3.08. The summed E-state index contributed by atoms with van der Waals surface area (Å²) in [6.07, 6.45) is 3.40. The third-order valence-corrected chi connectivity index (χ3v) is 6.19. The number of benzene rings is 2. The molecule has 2 heterocycles. The summed E-state index contributed by atoms with van der Waals surface area (Å²) in [5.41, 5.74) is 4.51. The Kier molecular flexibility index (Phi) is 5.84. The van der Waals surface area contributed by atoms with E-state index in [0.29, 0.717) is 15.9 Å². The molecule has 0 saturated heterocycles. The summed E-state index contributed by atoms with van der Waals surface area (Å²) in [5, 5.41) is 11.9. The van der Waals surface area contributed by atoms with Crippen LogP contribution in [0, 0.1) is 20.8 Å². The first-order valence-electron chi connectivity index (χ1n) is 9.56. The quantitative estimate of drug-likeness (QED) is 0.458. The number of anilines is 1. The van der Waals surface area contributed by atoms with Crippen LogP contribution in [-0.4, -0.2) is 30.8 Å². The fraction of sp³-hybridized carbons (Fsp3) is 0.182. The number of rotatable bonds is 5. The summed E-state index contributed by atoms with van der Waals surface area (Å²) in [6, 6.07) is 11.3. The van der Waals surface area contributed by atoms with Crippen molar-refractivity contribution in [1.82, 2.24) is 19.2 Å². The number of carbonyl (C=O) groups is 1. The van der Waals surface area contributed by atoms with Crippen molar-refractivity contribution in [2.24, 2.45) is 0 Å². The van der Waals surface area contributed by atoms with Crippen molar-refractivity contribution >= 4 is 40.6 Å². The lowest BCUT2D eigenvalue weighted by Crippen LogP contribution is -2.20. The summed E-state index contributed by atoms with van der Waals surface area (Å²) >= 11 is 7.36. The maximum absolute atomic E-state index is 12.9. The lowest BCUT2D eigenvalue weighted by molar-refractivity contribution is -0.113. The molecule has 0 aliphatic carbocycles. The van der Waals surface area contributed by atoms with Crippen molar-refractivity contribution in [3.05, 3.63) is 80.9 Å². The Morgan fingerprint density at radius 2 is 1.87 bits per heavy atom. The second-order valence-corrected chi connectivity index (χ2v) is 8.59. The molecule has 2 aromatic heterocycles. The minimum Gasteiger partial charge on any atom is -0.324 e. The van der Waals surface area contributed by atoms with Crippen LogP contribution in [0.15, 0.2) is 58.7 Å². The van der Waals surface area contributed by atoms with Gasteiger partial charge in [-0.25, -0.2) is 0 Å². The molecule has 1 amide bonds. The van der Waals surface area contributed by atoms with Crippen LogP contribution in [0.4, 0.5) is 5.69 Å². The van der Waals surface area contributed by atoms with Crippen LogP contribution < -0.4 is 10.9 Å². The number of carbonyl (C=O) groups excluding carboxylic acids is 1. The average Bonchev–Trinajstić information content (AvgIpc) is 3.15. The standard InChI is InChI=1S/C22H20ClN5O2S/c1-13-4-7-18(17(23)10-13)24-19(29)12-31-22-26-25-20-21(30)27(8-9-28(20)22)16-6-5-14(2)15(3)11-16/h4-11H,12H2,1-3H3,(H,24,29). The van der Waals surface area contributed by atoms with Crippen LogP contribution in [0.5, 0.6) is 0 Å². The number of amides is 1. The number of hydrogen-bond donors (Lipinski definition) is 1. The molecule has 0 fully saturated rings. The van der Waals surface area contributed by atoms with Gasteiger partial charge in [-0.1, -0.05) is 35.5 Å². The van der Waals surface area contributed by atoms with Crippen molar-refractivity contribution in [3.63, 3.8) is 0 Å². The number of nitrogens with zero attached hydrogens (tertiary/aromatic N) is 4. The lowest BCUT2D eigenvalue weighted by atomic mass is 10.1. The predicted octanol–water partition coefficient (Wildman–Crippen LogP) is 4.19. The molecule has 0 atom stereocenters. The number of aryl methyl sites for hydroxylation is 3. The molecular formula is C22H20ClN5O2S. The summed E-state index contributed by atoms with van der Waals surface area (Å²) in [4.78, 5) is 25.3. The SMILES string of the molecule is Cc1ccc(NC(=O)CSc2nnc3c(=O)n(-c4ccc(C)c(C)c4)ccn23)c(Cl)c1. The normalized spacial score (nSPS) is 11.1. The monoisotopic (exact) mass is 453 g/mol. The Labute approximate surface area is 188 Å². The Morgan fingerprint density at radius 1 is 1.06 bits per heavy atom. The van der Waals surface area contributed by atoms with E-state index in [0.717, 1.165) is 22.4 Å². The molecule has 0 radical (unpaired) electrons. The number of aromatic nitrogens is 4. The molecule has 0 spiro atoms. The first-order valence-corrected chi connectivity index (χ1v) is 10.9. The van der Waals surface area contributed by atoms with Crippen LogP contribution in [0.2, 0.25) is 5.02 Å². The summed E-state index contributed by atoms with van der Waals surface area (Å²) in [6.45, 7) is 5.96. The lowest BCUT2D eigenvalue weighted by Gasteiger charge is -2.09. The molecule has 0 bridgehead atoms. The van der Waals surface area contributed by atoms with E-state index < -0.39 is 0 Å². The largest absolute Gasteiger partial charge is 0.324 e. The highest BCUT2D eigenvalue weighted by Crippen LogP contribution is 2.23. The summed E-state index contributed by atoms with van der Waals surface area (Å²) < 4.78 is 3.13. The molecule has 9 heteroatoms. The molecule has 158 valence electrons. The Bertz CT molecular complexity index is 1360. The molecule has 1 N–H and O–H groups in total. The molecule has 0 aliphatic heterocycles. The highest BCUT2D eigenvalue weighted by atomic mass is 35.5. The van der Waals surface area contributed by atoms with E-state index >= 15 is 0 Å². The molecule has 4 aromatic rings. The van der Waals surface area contributed by atoms with E-state index in [9.17, 15) is 9.59 Å². The maximum atomic E-state index is 12.9. The van der Waals surface area contributed by atoms with Gasteiger partial charge in [0.2, 0.25) is 11.6 Å². The molecular weight excluding hydrogens is 434 g/mol. The van der Waals surface area contributed by atoms with Gasteiger partial charge in [0.25, 0.3) is 0 Å².